The monoisotopic (exact) mass is 1120 g/mol. The maximum absolute atomic E-state index is 14.0. The Hall–Kier alpha value is -5.40. The minimum absolute atomic E-state index is 0.0825. The molecule has 0 bridgehead atoms. The highest BCUT2D eigenvalue weighted by Crippen LogP contribution is 2.43. The van der Waals surface area contributed by atoms with Crippen molar-refractivity contribution in [3.05, 3.63) is 35.4 Å². The van der Waals surface area contributed by atoms with Gasteiger partial charge in [0.15, 0.2) is 43.3 Å². The van der Waals surface area contributed by atoms with Crippen LogP contribution in [-0.4, -0.2) is 163 Å². The fourth-order valence-electron chi connectivity index (χ4n) is 11.6. The SMILES string of the molecule is CCC1=C[C@H](N(C(C)=O)[C@H]2[C@H](C)[C@@H](OC(C)=O)[C@@H](O[C@H]3[C@H](C)[C@@H](OC(C)=O)[C@@H](O[C@H]4[C@H](OC(C)=O)[C@@H](OC(C)=O)[C@H](OCc5cn(CCCCn6cc(CC)nn6)nn5)O[C@@H]4CC)O[C@@H]3CC)O[C@@H]2C)[C@H](OC(C)=O)[C@@H](C)[C@@H]1C. The van der Waals surface area contributed by atoms with Crippen LogP contribution in [0.4, 0.5) is 0 Å². The van der Waals surface area contributed by atoms with Crippen LogP contribution in [0.25, 0.3) is 0 Å². The second-order valence-electron chi connectivity index (χ2n) is 21.4. The highest BCUT2D eigenvalue weighted by Gasteiger charge is 2.57. The first-order valence-corrected chi connectivity index (χ1v) is 28.0. The molecule has 6 rings (SSSR count). The number of unbranched alkanes of at least 4 members (excludes halogenated alkanes) is 1. The lowest BCUT2D eigenvalue weighted by molar-refractivity contribution is -0.368. The van der Waals surface area contributed by atoms with Crippen LogP contribution >= 0.6 is 0 Å². The number of rotatable bonds is 23. The Bertz CT molecular complexity index is 2420. The topological polar surface area (TPSA) is 269 Å². The van der Waals surface area contributed by atoms with Crippen molar-refractivity contribution in [3.63, 3.8) is 0 Å². The Morgan fingerprint density at radius 2 is 1.03 bits per heavy atom. The number of ether oxygens (including phenoxy) is 11. The Morgan fingerprint density at radius 3 is 1.56 bits per heavy atom. The Balaban J connectivity index is 1.22. The third-order valence-corrected chi connectivity index (χ3v) is 15.6. The van der Waals surface area contributed by atoms with Crippen molar-refractivity contribution in [2.75, 3.05) is 0 Å². The number of esters is 5. The summed E-state index contributed by atoms with van der Waals surface area (Å²) < 4.78 is 73.1. The number of carbonyl (C=O) groups is 6. The van der Waals surface area contributed by atoms with E-state index >= 15 is 0 Å². The number of aromatic nitrogens is 6. The minimum atomic E-state index is -1.35. The Morgan fingerprint density at radius 1 is 0.544 bits per heavy atom. The van der Waals surface area contributed by atoms with E-state index in [2.05, 4.69) is 27.5 Å². The van der Waals surface area contributed by atoms with Gasteiger partial charge in [-0.15, -0.1) is 10.2 Å². The molecule has 5 heterocycles. The molecule has 0 radical (unpaired) electrons. The van der Waals surface area contributed by atoms with Crippen molar-refractivity contribution in [3.8, 4) is 0 Å². The molecule has 2 aromatic heterocycles. The van der Waals surface area contributed by atoms with Gasteiger partial charge in [0, 0.05) is 78.6 Å². The summed E-state index contributed by atoms with van der Waals surface area (Å²) in [7, 11) is 0. The summed E-state index contributed by atoms with van der Waals surface area (Å²) >= 11 is 0. The van der Waals surface area contributed by atoms with Crippen LogP contribution in [0.5, 0.6) is 0 Å². The molecule has 0 spiro atoms. The van der Waals surface area contributed by atoms with Gasteiger partial charge < -0.3 is 57.0 Å². The average Bonchev–Trinajstić information content (AvgIpc) is 4.24. The lowest BCUT2D eigenvalue weighted by Gasteiger charge is -2.53. The molecular weight excluding hydrogens is 1030 g/mol. The molecule has 442 valence electrons. The van der Waals surface area contributed by atoms with E-state index in [1.54, 1.807) is 22.7 Å². The minimum Gasteiger partial charge on any atom is -0.460 e. The summed E-state index contributed by atoms with van der Waals surface area (Å²) in [4.78, 5) is 80.0. The highest BCUT2D eigenvalue weighted by molar-refractivity contribution is 5.75. The van der Waals surface area contributed by atoms with Gasteiger partial charge in [-0.05, 0) is 51.4 Å². The normalized spacial score (nSPS) is 33.7. The second kappa shape index (κ2) is 28.3. The van der Waals surface area contributed by atoms with E-state index in [-0.39, 0.29) is 30.8 Å². The van der Waals surface area contributed by atoms with Crippen molar-refractivity contribution in [1.82, 2.24) is 34.9 Å². The molecule has 0 unspecified atom stereocenters. The van der Waals surface area contributed by atoms with Gasteiger partial charge in [0.2, 0.25) is 5.91 Å². The molecule has 0 saturated carbocycles. The number of allylic oxidation sites excluding steroid dienone is 1. The molecule has 0 N–H and O–H groups in total. The van der Waals surface area contributed by atoms with Crippen LogP contribution in [0.1, 0.15) is 147 Å². The van der Waals surface area contributed by atoms with Crippen LogP contribution in [0, 0.1) is 23.7 Å². The Labute approximate surface area is 463 Å². The molecule has 4 aliphatic rings. The summed E-state index contributed by atoms with van der Waals surface area (Å²) in [5.41, 5.74) is 2.53. The van der Waals surface area contributed by atoms with Crippen LogP contribution < -0.4 is 0 Å². The zero-order valence-corrected chi connectivity index (χ0v) is 48.6. The molecular formula is C55H85N7O17. The largest absolute Gasteiger partial charge is 0.460 e. The molecule has 2 aromatic rings. The van der Waals surface area contributed by atoms with Gasteiger partial charge in [-0.2, -0.15) is 0 Å². The van der Waals surface area contributed by atoms with Gasteiger partial charge in [-0.3, -0.25) is 38.1 Å². The first-order chi connectivity index (χ1) is 37.5. The van der Waals surface area contributed by atoms with Gasteiger partial charge in [0.1, 0.15) is 17.9 Å². The smallest absolute Gasteiger partial charge is 0.303 e. The summed E-state index contributed by atoms with van der Waals surface area (Å²) in [6.45, 7) is 26.3. The van der Waals surface area contributed by atoms with Crippen molar-refractivity contribution in [2.45, 2.75) is 254 Å². The number of nitrogens with zero attached hydrogens (tertiary/aromatic N) is 7. The van der Waals surface area contributed by atoms with Crippen LogP contribution in [0.3, 0.4) is 0 Å². The molecule has 3 fully saturated rings. The second-order valence-corrected chi connectivity index (χ2v) is 21.4. The van der Waals surface area contributed by atoms with Crippen LogP contribution in [-0.2, 0) is 107 Å². The van der Waals surface area contributed by atoms with E-state index in [1.807, 2.05) is 65.4 Å². The maximum Gasteiger partial charge on any atom is 0.303 e. The first-order valence-electron chi connectivity index (χ1n) is 28.0. The Kier molecular flexibility index (Phi) is 22.5. The van der Waals surface area contributed by atoms with Crippen molar-refractivity contribution >= 4 is 35.8 Å². The number of hydrogen-bond acceptors (Lipinski definition) is 21. The van der Waals surface area contributed by atoms with Crippen molar-refractivity contribution < 1.29 is 80.9 Å². The van der Waals surface area contributed by atoms with Crippen molar-refractivity contribution in [1.29, 1.82) is 0 Å². The molecule has 1 aliphatic carbocycles. The predicted octanol–water partition coefficient (Wildman–Crippen LogP) is 5.35. The average molecular weight is 1120 g/mol. The number of carbonyl (C=O) groups excluding carboxylic acids is 6. The van der Waals surface area contributed by atoms with Gasteiger partial charge >= 0.3 is 29.8 Å². The van der Waals surface area contributed by atoms with Crippen LogP contribution in [0.15, 0.2) is 24.0 Å². The molecule has 1 amide bonds. The zero-order valence-electron chi connectivity index (χ0n) is 48.6. The predicted molar refractivity (Wildman–Crippen MR) is 278 cm³/mol. The summed E-state index contributed by atoms with van der Waals surface area (Å²) in [6, 6.07) is -1.34. The highest BCUT2D eigenvalue weighted by atomic mass is 16.8. The lowest BCUT2D eigenvalue weighted by atomic mass is 9.74. The molecule has 79 heavy (non-hydrogen) atoms. The molecule has 24 nitrogen and oxygen atoms in total. The van der Waals surface area contributed by atoms with Crippen molar-refractivity contribution in [2.24, 2.45) is 23.7 Å². The van der Waals surface area contributed by atoms with E-state index in [0.717, 1.165) is 37.0 Å². The molecule has 19 atom stereocenters. The lowest BCUT2D eigenvalue weighted by Crippen LogP contribution is -2.67. The number of amides is 1. The van der Waals surface area contributed by atoms with Crippen LogP contribution in [0.2, 0.25) is 0 Å². The number of aryl methyl sites for hydroxylation is 3. The molecule has 3 saturated heterocycles. The van der Waals surface area contributed by atoms with Gasteiger partial charge in [-0.25, -0.2) is 0 Å². The molecule has 3 aliphatic heterocycles. The van der Waals surface area contributed by atoms with Gasteiger partial charge in [0.05, 0.1) is 55.0 Å². The van der Waals surface area contributed by atoms with Gasteiger partial charge in [0.25, 0.3) is 0 Å². The quantitative estimate of drug-likeness (QED) is 0.0587. The summed E-state index contributed by atoms with van der Waals surface area (Å²) in [5, 5.41) is 16.8. The molecule has 0 aromatic carbocycles. The maximum atomic E-state index is 14.0. The fourth-order valence-corrected chi connectivity index (χ4v) is 11.6. The van der Waals surface area contributed by atoms with E-state index in [1.165, 1.54) is 41.5 Å². The standard InChI is InChI=1S/C55H85N7O17/c1-16-39-24-42(46(71-34(11)64)29(6)28(39)5)62(33(10)63)45-30(7)48(72-35(12)65)54(70-32(45)9)78-47-31(8)49(73-36(13)66)55(77-43(47)18-3)79-50-44(19-4)76-53(52(75-38(15)68)51(50)74-37(14)67)69-27-41-26-61(59-57-41)23-21-20-22-60-25-40(17-2)56-58-60/h24-26,28-32,42-55H,16-23,27H2,1-15H3/t28-,29-,30-,31-,32+,42-,43+,44+,45-,46+,47-,48+,49+,50+,51-,52+,53+,54+,55+/m0/s1. The first kappa shape index (κ1) is 62.8. The fraction of sp³-hybridized carbons (Fsp3) is 0.782. The van der Waals surface area contributed by atoms with Gasteiger partial charge in [-0.1, -0.05) is 77.5 Å². The number of hydrogen-bond donors (Lipinski definition) is 0. The third kappa shape index (κ3) is 15.5. The third-order valence-electron chi connectivity index (χ3n) is 15.6. The summed E-state index contributed by atoms with van der Waals surface area (Å²) in [6.07, 6.45) is -4.26. The summed E-state index contributed by atoms with van der Waals surface area (Å²) in [5.74, 6) is -4.81. The molecule has 24 heteroatoms. The zero-order chi connectivity index (χ0) is 58.0. The van der Waals surface area contributed by atoms with E-state index in [4.69, 9.17) is 52.1 Å². The van der Waals surface area contributed by atoms with E-state index in [0.29, 0.717) is 25.2 Å². The van der Waals surface area contributed by atoms with E-state index in [9.17, 15) is 28.8 Å². The van der Waals surface area contributed by atoms with E-state index < -0.39 is 134 Å².